The molecule has 29 heavy (non-hydrogen) atoms. The number of carbonyl (C=O) groups is 1. The Morgan fingerprint density at radius 3 is 2.45 bits per heavy atom. The van der Waals surface area contributed by atoms with Crippen molar-refractivity contribution in [3.8, 4) is 17.2 Å². The summed E-state index contributed by atoms with van der Waals surface area (Å²) in [6, 6.07) is 2.44. The number of aliphatic imine (C=N–C) groups is 1. The number of phenolic OH excluding ortho intramolecular Hbond substituents is 3. The van der Waals surface area contributed by atoms with E-state index in [4.69, 9.17) is 0 Å². The molecule has 0 atom stereocenters. The molecule has 0 aliphatic carbocycles. The summed E-state index contributed by atoms with van der Waals surface area (Å²) in [5, 5.41) is 40.6. The monoisotopic (exact) mass is 398 g/mol. The standard InChI is InChI=1S/C20H22N4O5/c1-4-24(3)8-7-21-9-12-15-17(19(27)10(2)18(12)26)23-14-11(20(28)29)5-6-13(25)16(14)22-15/h5-6,9,25-27H,4,7-8H2,1-3H3,(H,28,29)/b21-9+. The molecule has 0 spiro atoms. The maximum Gasteiger partial charge on any atom is 0.337 e. The van der Waals surface area contributed by atoms with Crippen molar-refractivity contribution in [2.75, 3.05) is 26.7 Å². The van der Waals surface area contributed by atoms with Crippen molar-refractivity contribution in [3.05, 3.63) is 28.8 Å². The highest BCUT2D eigenvalue weighted by Gasteiger charge is 2.21. The molecule has 0 bridgehead atoms. The molecule has 4 N–H and O–H groups in total. The molecule has 3 rings (SSSR count). The average Bonchev–Trinajstić information content (AvgIpc) is 2.70. The summed E-state index contributed by atoms with van der Waals surface area (Å²) >= 11 is 0. The molecule has 9 nitrogen and oxygen atoms in total. The zero-order chi connectivity index (χ0) is 21.3. The van der Waals surface area contributed by atoms with Gasteiger partial charge in [-0.3, -0.25) is 4.99 Å². The number of carboxylic acid groups (broad SMARTS) is 1. The number of fused-ring (bicyclic) bond motifs is 2. The Kier molecular flexibility index (Phi) is 5.51. The topological polar surface area (TPSA) is 139 Å². The van der Waals surface area contributed by atoms with E-state index in [1.807, 2.05) is 14.0 Å². The molecule has 1 heterocycles. The fourth-order valence-corrected chi connectivity index (χ4v) is 2.92. The zero-order valence-corrected chi connectivity index (χ0v) is 16.3. The molecule has 0 amide bonds. The minimum Gasteiger partial charge on any atom is -0.507 e. The molecule has 0 fully saturated rings. The first-order valence-electron chi connectivity index (χ1n) is 9.05. The molecule has 3 aromatic rings. The van der Waals surface area contributed by atoms with Crippen LogP contribution in [0.4, 0.5) is 0 Å². The highest BCUT2D eigenvalue weighted by molar-refractivity contribution is 6.08. The number of aromatic carboxylic acids is 1. The van der Waals surface area contributed by atoms with Crippen molar-refractivity contribution in [1.29, 1.82) is 0 Å². The predicted molar refractivity (Wildman–Crippen MR) is 109 cm³/mol. The van der Waals surface area contributed by atoms with Gasteiger partial charge in [-0.05, 0) is 32.6 Å². The second kappa shape index (κ2) is 7.88. The van der Waals surface area contributed by atoms with Crippen molar-refractivity contribution in [2.45, 2.75) is 13.8 Å². The molecular formula is C20H22N4O5. The fraction of sp³-hybridized carbons (Fsp3) is 0.300. The molecule has 0 saturated heterocycles. The lowest BCUT2D eigenvalue weighted by molar-refractivity contribution is 0.0699. The number of hydrogen-bond donors (Lipinski definition) is 4. The SMILES string of the molecule is CCN(C)CC/N=C/c1c(O)c(C)c(O)c2nc3c(C(=O)O)ccc(O)c3nc12. The number of aromatic nitrogens is 2. The van der Waals surface area contributed by atoms with Gasteiger partial charge in [0.2, 0.25) is 0 Å². The van der Waals surface area contributed by atoms with E-state index in [0.29, 0.717) is 6.54 Å². The van der Waals surface area contributed by atoms with Gasteiger partial charge < -0.3 is 25.3 Å². The van der Waals surface area contributed by atoms with Crippen LogP contribution in [0.2, 0.25) is 0 Å². The number of phenols is 3. The van der Waals surface area contributed by atoms with Crippen molar-refractivity contribution < 1.29 is 25.2 Å². The summed E-state index contributed by atoms with van der Waals surface area (Å²) < 4.78 is 0. The van der Waals surface area contributed by atoms with Crippen molar-refractivity contribution in [1.82, 2.24) is 14.9 Å². The van der Waals surface area contributed by atoms with Crippen LogP contribution in [0.1, 0.15) is 28.4 Å². The van der Waals surface area contributed by atoms with Crippen molar-refractivity contribution >= 4 is 34.3 Å². The van der Waals surface area contributed by atoms with Gasteiger partial charge in [-0.25, -0.2) is 14.8 Å². The van der Waals surface area contributed by atoms with E-state index >= 15 is 0 Å². The van der Waals surface area contributed by atoms with Gasteiger partial charge in [0.25, 0.3) is 0 Å². The van der Waals surface area contributed by atoms with E-state index in [2.05, 4.69) is 19.9 Å². The number of benzene rings is 2. The molecule has 2 aromatic carbocycles. The molecule has 0 aliphatic heterocycles. The molecular weight excluding hydrogens is 376 g/mol. The maximum absolute atomic E-state index is 11.5. The first-order chi connectivity index (χ1) is 13.8. The van der Waals surface area contributed by atoms with Crippen LogP contribution >= 0.6 is 0 Å². The minimum atomic E-state index is -1.24. The van der Waals surface area contributed by atoms with Crippen molar-refractivity contribution in [3.63, 3.8) is 0 Å². The lowest BCUT2D eigenvalue weighted by atomic mass is 10.0. The van der Waals surface area contributed by atoms with Gasteiger partial charge in [0.1, 0.15) is 39.3 Å². The molecule has 0 radical (unpaired) electrons. The number of carboxylic acids is 1. The molecule has 1 aromatic heterocycles. The summed E-state index contributed by atoms with van der Waals surface area (Å²) in [5.74, 6) is -2.01. The number of likely N-dealkylation sites (N-methyl/N-ethyl adjacent to an activating group) is 1. The van der Waals surface area contributed by atoms with E-state index in [0.717, 1.165) is 13.1 Å². The quantitative estimate of drug-likeness (QED) is 0.366. The summed E-state index contributed by atoms with van der Waals surface area (Å²) in [6.45, 7) is 5.63. The third-order valence-corrected chi connectivity index (χ3v) is 4.85. The Balaban J connectivity index is 2.26. The second-order valence-corrected chi connectivity index (χ2v) is 6.72. The van der Waals surface area contributed by atoms with E-state index in [9.17, 15) is 25.2 Å². The lowest BCUT2D eigenvalue weighted by Crippen LogP contribution is -2.20. The molecule has 152 valence electrons. The van der Waals surface area contributed by atoms with Crippen LogP contribution in [-0.2, 0) is 0 Å². The largest absolute Gasteiger partial charge is 0.507 e. The van der Waals surface area contributed by atoms with Gasteiger partial charge in [0.05, 0.1) is 17.7 Å². The lowest BCUT2D eigenvalue weighted by Gasteiger charge is -2.13. The van der Waals surface area contributed by atoms with Crippen LogP contribution in [0.25, 0.3) is 22.1 Å². The zero-order valence-electron chi connectivity index (χ0n) is 16.3. The van der Waals surface area contributed by atoms with E-state index < -0.39 is 5.97 Å². The third kappa shape index (κ3) is 3.64. The third-order valence-electron chi connectivity index (χ3n) is 4.85. The second-order valence-electron chi connectivity index (χ2n) is 6.72. The van der Waals surface area contributed by atoms with Gasteiger partial charge in [-0.1, -0.05) is 6.92 Å². The Morgan fingerprint density at radius 1 is 1.10 bits per heavy atom. The molecule has 0 unspecified atom stereocenters. The summed E-state index contributed by atoms with van der Waals surface area (Å²) in [5.41, 5.74) is 0.296. The Morgan fingerprint density at radius 2 is 1.79 bits per heavy atom. The average molecular weight is 398 g/mol. The molecule has 9 heteroatoms. The fourth-order valence-electron chi connectivity index (χ4n) is 2.92. The summed E-state index contributed by atoms with van der Waals surface area (Å²) in [6.07, 6.45) is 1.45. The van der Waals surface area contributed by atoms with Gasteiger partial charge in [-0.2, -0.15) is 0 Å². The predicted octanol–water partition coefficient (Wildman–Crippen LogP) is 2.28. The normalized spacial score (nSPS) is 11.9. The Labute approximate surface area is 166 Å². The highest BCUT2D eigenvalue weighted by atomic mass is 16.4. The maximum atomic E-state index is 11.5. The number of hydrogen-bond acceptors (Lipinski definition) is 8. The van der Waals surface area contributed by atoms with Crippen LogP contribution in [0, 0.1) is 6.92 Å². The molecule has 0 aliphatic rings. The number of rotatable bonds is 6. The van der Waals surface area contributed by atoms with E-state index in [-0.39, 0.29) is 56.0 Å². The van der Waals surface area contributed by atoms with Gasteiger partial charge >= 0.3 is 5.97 Å². The molecule has 0 saturated carbocycles. The van der Waals surface area contributed by atoms with Crippen LogP contribution in [-0.4, -0.2) is 74.2 Å². The van der Waals surface area contributed by atoms with Gasteiger partial charge in [-0.15, -0.1) is 0 Å². The van der Waals surface area contributed by atoms with E-state index in [1.165, 1.54) is 25.3 Å². The van der Waals surface area contributed by atoms with Crippen LogP contribution in [0.15, 0.2) is 17.1 Å². The highest BCUT2D eigenvalue weighted by Crippen LogP contribution is 2.38. The minimum absolute atomic E-state index is 0.0213. The Hall–Kier alpha value is -3.46. The van der Waals surface area contributed by atoms with Crippen LogP contribution < -0.4 is 0 Å². The number of nitrogens with zero attached hydrogens (tertiary/aromatic N) is 4. The smallest absolute Gasteiger partial charge is 0.337 e. The van der Waals surface area contributed by atoms with Crippen LogP contribution in [0.3, 0.4) is 0 Å². The van der Waals surface area contributed by atoms with Crippen LogP contribution in [0.5, 0.6) is 17.2 Å². The van der Waals surface area contributed by atoms with Gasteiger partial charge in [0.15, 0.2) is 0 Å². The number of aromatic hydroxyl groups is 3. The summed E-state index contributed by atoms with van der Waals surface area (Å²) in [4.78, 5) is 26.5. The summed E-state index contributed by atoms with van der Waals surface area (Å²) in [7, 11) is 1.97. The van der Waals surface area contributed by atoms with Crippen molar-refractivity contribution in [2.24, 2.45) is 4.99 Å². The first-order valence-corrected chi connectivity index (χ1v) is 9.05. The van der Waals surface area contributed by atoms with E-state index in [1.54, 1.807) is 0 Å². The van der Waals surface area contributed by atoms with Gasteiger partial charge in [0, 0.05) is 18.3 Å². The first kappa shape index (κ1) is 20.3. The Bertz CT molecular complexity index is 1140.